The fourth-order valence-corrected chi connectivity index (χ4v) is 3.98. The van der Waals surface area contributed by atoms with E-state index in [0.717, 1.165) is 22.2 Å². The van der Waals surface area contributed by atoms with Crippen LogP contribution in [-0.2, 0) is 16.0 Å². The summed E-state index contributed by atoms with van der Waals surface area (Å²) in [6, 6.07) is 11.3. The molecule has 0 fully saturated rings. The summed E-state index contributed by atoms with van der Waals surface area (Å²) in [7, 11) is 1.61. The molecule has 1 atom stereocenters. The number of aromatic hydroxyl groups is 1. The second-order valence-electron chi connectivity index (χ2n) is 7.29. The van der Waals surface area contributed by atoms with Crippen molar-refractivity contribution in [1.82, 2.24) is 9.88 Å². The largest absolute Gasteiger partial charge is 0.508 e. The van der Waals surface area contributed by atoms with Crippen LogP contribution in [0.3, 0.4) is 0 Å². The summed E-state index contributed by atoms with van der Waals surface area (Å²) in [6.07, 6.45) is 2.41. The van der Waals surface area contributed by atoms with E-state index in [1.54, 1.807) is 19.2 Å². The number of nitrogens with one attached hydrogen (secondary N) is 1. The summed E-state index contributed by atoms with van der Waals surface area (Å²) < 4.78 is 5.30. The maximum Gasteiger partial charge on any atom is 0.290 e. The van der Waals surface area contributed by atoms with Gasteiger partial charge >= 0.3 is 0 Å². The zero-order valence-corrected chi connectivity index (χ0v) is 16.7. The van der Waals surface area contributed by atoms with E-state index in [1.807, 2.05) is 24.4 Å². The fourth-order valence-electron chi connectivity index (χ4n) is 3.98. The molecule has 1 aromatic heterocycles. The van der Waals surface area contributed by atoms with Gasteiger partial charge in [0.1, 0.15) is 11.5 Å². The quantitative estimate of drug-likeness (QED) is 0.582. The molecule has 7 heteroatoms. The first kappa shape index (κ1) is 19.6. The molecular weight excluding hydrogens is 384 g/mol. The zero-order chi connectivity index (χ0) is 21.4. The number of benzene rings is 2. The highest BCUT2D eigenvalue weighted by atomic mass is 16.5. The first-order valence-corrected chi connectivity index (χ1v) is 9.58. The molecule has 1 aliphatic rings. The van der Waals surface area contributed by atoms with Crippen molar-refractivity contribution in [3.05, 3.63) is 71.1 Å². The van der Waals surface area contributed by atoms with Gasteiger partial charge in [0, 0.05) is 23.6 Å². The monoisotopic (exact) mass is 406 g/mol. The Morgan fingerprint density at radius 2 is 1.90 bits per heavy atom. The molecule has 1 amide bonds. The van der Waals surface area contributed by atoms with Crippen LogP contribution < -0.4 is 4.74 Å². The molecule has 154 valence electrons. The van der Waals surface area contributed by atoms with Gasteiger partial charge < -0.3 is 24.8 Å². The van der Waals surface area contributed by atoms with Gasteiger partial charge in [-0.05, 0) is 54.8 Å². The van der Waals surface area contributed by atoms with Gasteiger partial charge in [-0.25, -0.2) is 0 Å². The Hall–Kier alpha value is -3.74. The molecule has 2 heterocycles. The molecule has 0 saturated carbocycles. The lowest BCUT2D eigenvalue weighted by Crippen LogP contribution is -2.32. The highest BCUT2D eigenvalue weighted by Gasteiger charge is 2.42. The number of rotatable bonds is 6. The number of aromatic amines is 1. The average Bonchev–Trinajstić information content (AvgIpc) is 3.25. The van der Waals surface area contributed by atoms with E-state index in [4.69, 9.17) is 4.74 Å². The van der Waals surface area contributed by atoms with Gasteiger partial charge in [0.15, 0.2) is 11.5 Å². The van der Waals surface area contributed by atoms with Gasteiger partial charge in [0.25, 0.3) is 5.91 Å². The van der Waals surface area contributed by atoms with Crippen LogP contribution in [0.1, 0.15) is 24.1 Å². The normalized spacial score (nSPS) is 16.5. The second kappa shape index (κ2) is 7.59. The third-order valence-corrected chi connectivity index (χ3v) is 5.49. The Morgan fingerprint density at radius 3 is 2.57 bits per heavy atom. The highest BCUT2D eigenvalue weighted by molar-refractivity contribution is 6.08. The number of aromatic nitrogens is 1. The maximum atomic E-state index is 12.8. The first-order chi connectivity index (χ1) is 14.4. The number of amides is 1. The Bertz CT molecular complexity index is 1160. The minimum Gasteiger partial charge on any atom is -0.508 e. The first-order valence-electron chi connectivity index (χ1n) is 9.58. The van der Waals surface area contributed by atoms with Crippen molar-refractivity contribution in [2.24, 2.45) is 0 Å². The molecule has 0 bridgehead atoms. The number of carbonyl (C=O) groups excluding carboxylic acids is 2. The zero-order valence-electron chi connectivity index (χ0n) is 16.7. The van der Waals surface area contributed by atoms with Crippen LogP contribution in [0, 0.1) is 0 Å². The van der Waals surface area contributed by atoms with E-state index in [9.17, 15) is 19.8 Å². The van der Waals surface area contributed by atoms with Crippen LogP contribution in [0.5, 0.6) is 11.5 Å². The number of hydrogen-bond acceptors (Lipinski definition) is 5. The Labute approximate surface area is 173 Å². The van der Waals surface area contributed by atoms with E-state index in [1.165, 1.54) is 24.0 Å². The van der Waals surface area contributed by atoms with Crippen molar-refractivity contribution in [2.45, 2.75) is 19.4 Å². The summed E-state index contributed by atoms with van der Waals surface area (Å²) >= 11 is 0. The van der Waals surface area contributed by atoms with Gasteiger partial charge in [-0.1, -0.05) is 12.1 Å². The smallest absolute Gasteiger partial charge is 0.290 e. The van der Waals surface area contributed by atoms with Crippen LogP contribution >= 0.6 is 0 Å². The van der Waals surface area contributed by atoms with Crippen LogP contribution in [0.25, 0.3) is 10.9 Å². The maximum absolute atomic E-state index is 12.8. The van der Waals surface area contributed by atoms with Crippen molar-refractivity contribution < 1.29 is 24.5 Å². The summed E-state index contributed by atoms with van der Waals surface area (Å²) in [4.78, 5) is 29.7. The molecule has 0 unspecified atom stereocenters. The van der Waals surface area contributed by atoms with Crippen molar-refractivity contribution >= 4 is 22.6 Å². The van der Waals surface area contributed by atoms with Crippen molar-refractivity contribution in [3.63, 3.8) is 0 Å². The summed E-state index contributed by atoms with van der Waals surface area (Å²) in [5, 5.41) is 21.0. The number of methoxy groups -OCH3 is 1. The molecule has 0 radical (unpaired) electrons. The standard InChI is InChI=1S/C23H22N2O5/c1-13(26)20-21(14-3-5-16(27)6-4-14)25(23(29)22(20)28)10-9-15-12-24-19-8-7-17(30-2)11-18(15)19/h3-8,11-12,21,24,27-28H,9-10H2,1-2H3/t21-/m0/s1. The van der Waals surface area contributed by atoms with Crippen LogP contribution in [-0.4, -0.2) is 45.4 Å². The lowest BCUT2D eigenvalue weighted by Gasteiger charge is -2.26. The number of aliphatic hydroxyl groups is 1. The Kier molecular flexibility index (Phi) is 4.95. The Morgan fingerprint density at radius 1 is 1.17 bits per heavy atom. The third kappa shape index (κ3) is 3.28. The van der Waals surface area contributed by atoms with E-state index in [2.05, 4.69) is 4.98 Å². The molecular formula is C23H22N2O5. The van der Waals surface area contributed by atoms with Crippen molar-refractivity contribution in [3.8, 4) is 11.5 Å². The summed E-state index contributed by atoms with van der Waals surface area (Å²) in [5.74, 6) is -0.629. The van der Waals surface area contributed by atoms with Crippen LogP contribution in [0.15, 0.2) is 60.0 Å². The number of ketones is 1. The molecule has 4 rings (SSSR count). The highest BCUT2D eigenvalue weighted by Crippen LogP contribution is 2.38. The number of aliphatic hydroxyl groups excluding tert-OH is 1. The molecule has 2 aromatic carbocycles. The third-order valence-electron chi connectivity index (χ3n) is 5.49. The van der Waals surface area contributed by atoms with E-state index in [0.29, 0.717) is 18.5 Å². The van der Waals surface area contributed by atoms with Gasteiger partial charge in [-0.2, -0.15) is 0 Å². The van der Waals surface area contributed by atoms with Crippen LogP contribution in [0.4, 0.5) is 0 Å². The van der Waals surface area contributed by atoms with Crippen LogP contribution in [0.2, 0.25) is 0 Å². The van der Waals surface area contributed by atoms with Crippen molar-refractivity contribution in [2.75, 3.05) is 13.7 Å². The van der Waals surface area contributed by atoms with Gasteiger partial charge in [0.05, 0.1) is 18.7 Å². The van der Waals surface area contributed by atoms with E-state index in [-0.39, 0.29) is 17.1 Å². The molecule has 3 N–H and O–H groups in total. The summed E-state index contributed by atoms with van der Waals surface area (Å²) in [5.41, 5.74) is 2.68. The van der Waals surface area contributed by atoms with Gasteiger partial charge in [-0.3, -0.25) is 9.59 Å². The summed E-state index contributed by atoms with van der Waals surface area (Å²) in [6.45, 7) is 1.64. The number of ether oxygens (including phenoxy) is 1. The molecule has 3 aromatic rings. The second-order valence-corrected chi connectivity index (χ2v) is 7.29. The number of hydrogen-bond donors (Lipinski definition) is 3. The molecule has 30 heavy (non-hydrogen) atoms. The number of phenolic OH excluding ortho intramolecular Hbond substituents is 1. The predicted molar refractivity (Wildman–Crippen MR) is 111 cm³/mol. The average molecular weight is 406 g/mol. The fraction of sp³-hybridized carbons (Fsp3) is 0.217. The minimum absolute atomic E-state index is 0.0753. The van der Waals surface area contributed by atoms with Gasteiger partial charge in [-0.15, -0.1) is 0 Å². The number of carbonyl (C=O) groups is 2. The number of nitrogens with zero attached hydrogens (tertiary/aromatic N) is 1. The predicted octanol–water partition coefficient (Wildman–Crippen LogP) is 3.41. The van der Waals surface area contributed by atoms with Gasteiger partial charge in [0.2, 0.25) is 0 Å². The van der Waals surface area contributed by atoms with E-state index >= 15 is 0 Å². The van der Waals surface area contributed by atoms with E-state index < -0.39 is 17.7 Å². The number of H-pyrrole nitrogens is 1. The van der Waals surface area contributed by atoms with Crippen molar-refractivity contribution in [1.29, 1.82) is 0 Å². The molecule has 0 spiro atoms. The molecule has 0 saturated heterocycles. The Balaban J connectivity index is 1.66. The number of fused-ring (bicyclic) bond motifs is 1. The number of phenols is 1. The molecule has 7 nitrogen and oxygen atoms in total. The SMILES string of the molecule is COc1ccc2[nH]cc(CCN3C(=O)C(O)=C(C(C)=O)[C@@H]3c3ccc(O)cc3)c2c1. The number of Topliss-reactive ketones (excluding diaryl/α,β-unsaturated/α-hetero) is 1. The lowest BCUT2D eigenvalue weighted by molar-refractivity contribution is -0.129. The minimum atomic E-state index is -0.699. The molecule has 1 aliphatic heterocycles. The molecule has 0 aliphatic carbocycles. The lowest BCUT2D eigenvalue weighted by atomic mass is 9.96. The topological polar surface area (TPSA) is 103 Å².